The number of anilines is 1. The van der Waals surface area contributed by atoms with Crippen molar-refractivity contribution < 1.29 is 9.59 Å². The fourth-order valence-corrected chi connectivity index (χ4v) is 4.03. The Morgan fingerprint density at radius 2 is 1.81 bits per heavy atom. The number of para-hydroxylation sites is 1. The van der Waals surface area contributed by atoms with Crippen LogP contribution in [0.4, 0.5) is 10.5 Å². The Labute approximate surface area is 162 Å². The van der Waals surface area contributed by atoms with E-state index in [1.54, 1.807) is 11.9 Å². The molecule has 6 nitrogen and oxygen atoms in total. The van der Waals surface area contributed by atoms with Gasteiger partial charge in [-0.3, -0.25) is 4.79 Å². The van der Waals surface area contributed by atoms with Gasteiger partial charge in [-0.25, -0.2) is 4.79 Å². The lowest BCUT2D eigenvalue weighted by Crippen LogP contribution is -2.40. The fraction of sp³-hybridized carbons (Fsp3) is 0.619. The molecule has 3 rings (SSSR count). The Morgan fingerprint density at radius 1 is 1.11 bits per heavy atom. The highest BCUT2D eigenvalue weighted by atomic mass is 16.2. The molecule has 0 unspecified atom stereocenters. The van der Waals surface area contributed by atoms with Crippen LogP contribution in [0.2, 0.25) is 0 Å². The predicted molar refractivity (Wildman–Crippen MR) is 108 cm³/mol. The molecule has 1 heterocycles. The molecule has 2 N–H and O–H groups in total. The number of carbonyl (C=O) groups is 2. The van der Waals surface area contributed by atoms with Gasteiger partial charge in [0.1, 0.15) is 0 Å². The summed E-state index contributed by atoms with van der Waals surface area (Å²) in [5, 5.41) is 5.91. The SMILES string of the molecule is CN(Cc1ccccc1N1CCCC1)C(=O)NCCC(=O)NC1CCCC1. The van der Waals surface area contributed by atoms with E-state index >= 15 is 0 Å². The number of hydrogen-bond donors (Lipinski definition) is 2. The Balaban J connectivity index is 1.43. The molecule has 1 aromatic rings. The molecule has 1 saturated carbocycles. The van der Waals surface area contributed by atoms with Crippen molar-refractivity contribution in [3.63, 3.8) is 0 Å². The first-order chi connectivity index (χ1) is 13.1. The maximum absolute atomic E-state index is 12.4. The van der Waals surface area contributed by atoms with Gasteiger partial charge in [0.15, 0.2) is 0 Å². The van der Waals surface area contributed by atoms with Crippen molar-refractivity contribution in [2.75, 3.05) is 31.6 Å². The standard InChI is InChI=1S/C21H32N4O2/c1-24(16-17-8-2-5-11-19(17)25-14-6-7-15-25)21(27)22-13-12-20(26)23-18-9-3-4-10-18/h2,5,8,11,18H,3-4,6-7,9-10,12-16H2,1H3,(H,22,27)(H,23,26). The van der Waals surface area contributed by atoms with E-state index in [4.69, 9.17) is 0 Å². The van der Waals surface area contributed by atoms with Crippen LogP contribution in [0.15, 0.2) is 24.3 Å². The van der Waals surface area contributed by atoms with Gasteiger partial charge in [0.25, 0.3) is 0 Å². The highest BCUT2D eigenvalue weighted by Gasteiger charge is 2.19. The Bertz CT molecular complexity index is 637. The first-order valence-corrected chi connectivity index (χ1v) is 10.2. The van der Waals surface area contributed by atoms with Gasteiger partial charge in [-0.15, -0.1) is 0 Å². The molecule has 0 bridgehead atoms. The number of nitrogens with zero attached hydrogens (tertiary/aromatic N) is 2. The van der Waals surface area contributed by atoms with E-state index in [1.165, 1.54) is 31.4 Å². The maximum atomic E-state index is 12.4. The van der Waals surface area contributed by atoms with Gasteiger partial charge < -0.3 is 20.4 Å². The van der Waals surface area contributed by atoms with E-state index in [-0.39, 0.29) is 11.9 Å². The van der Waals surface area contributed by atoms with E-state index < -0.39 is 0 Å². The lowest BCUT2D eigenvalue weighted by atomic mass is 10.1. The number of carbonyl (C=O) groups excluding carboxylic acids is 2. The van der Waals surface area contributed by atoms with Gasteiger partial charge >= 0.3 is 6.03 Å². The summed E-state index contributed by atoms with van der Waals surface area (Å²) in [6, 6.07) is 8.50. The van der Waals surface area contributed by atoms with Gasteiger partial charge in [0.05, 0.1) is 0 Å². The zero-order chi connectivity index (χ0) is 19.1. The van der Waals surface area contributed by atoms with Crippen molar-refractivity contribution in [1.82, 2.24) is 15.5 Å². The monoisotopic (exact) mass is 372 g/mol. The molecule has 6 heteroatoms. The summed E-state index contributed by atoms with van der Waals surface area (Å²) < 4.78 is 0. The summed E-state index contributed by atoms with van der Waals surface area (Å²) in [4.78, 5) is 28.4. The average Bonchev–Trinajstić information content (AvgIpc) is 3.36. The van der Waals surface area contributed by atoms with Crippen molar-refractivity contribution in [2.24, 2.45) is 0 Å². The quantitative estimate of drug-likeness (QED) is 0.773. The minimum atomic E-state index is -0.139. The second kappa shape index (κ2) is 9.62. The minimum Gasteiger partial charge on any atom is -0.371 e. The molecule has 1 saturated heterocycles. The molecule has 2 aliphatic rings. The molecular weight excluding hydrogens is 340 g/mol. The molecule has 0 spiro atoms. The number of benzene rings is 1. The number of amides is 3. The first kappa shape index (κ1) is 19.5. The Hall–Kier alpha value is -2.24. The Morgan fingerprint density at radius 3 is 2.56 bits per heavy atom. The molecule has 3 amide bonds. The summed E-state index contributed by atoms with van der Waals surface area (Å²) in [5.74, 6) is 0.0317. The van der Waals surface area contributed by atoms with Crippen LogP contribution in [0.5, 0.6) is 0 Å². The summed E-state index contributed by atoms with van der Waals surface area (Å²) in [6.07, 6.45) is 7.35. The highest BCUT2D eigenvalue weighted by molar-refractivity contribution is 5.78. The Kier molecular flexibility index (Phi) is 6.96. The number of urea groups is 1. The topological polar surface area (TPSA) is 64.7 Å². The molecule has 27 heavy (non-hydrogen) atoms. The van der Waals surface area contributed by atoms with Crippen molar-refractivity contribution in [3.8, 4) is 0 Å². The minimum absolute atomic E-state index is 0.0317. The zero-order valence-electron chi connectivity index (χ0n) is 16.4. The second-order valence-electron chi connectivity index (χ2n) is 7.71. The van der Waals surface area contributed by atoms with E-state index in [1.807, 2.05) is 6.07 Å². The van der Waals surface area contributed by atoms with Crippen molar-refractivity contribution >= 4 is 17.6 Å². The fourth-order valence-electron chi connectivity index (χ4n) is 4.03. The van der Waals surface area contributed by atoms with Gasteiger partial charge in [-0.05, 0) is 37.3 Å². The van der Waals surface area contributed by atoms with Crippen LogP contribution in [0.3, 0.4) is 0 Å². The first-order valence-electron chi connectivity index (χ1n) is 10.2. The molecule has 1 aliphatic heterocycles. The number of rotatable bonds is 7. The van der Waals surface area contributed by atoms with E-state index in [2.05, 4.69) is 33.7 Å². The highest BCUT2D eigenvalue weighted by Crippen LogP contribution is 2.25. The summed E-state index contributed by atoms with van der Waals surface area (Å²) >= 11 is 0. The van der Waals surface area contributed by atoms with Crippen LogP contribution in [-0.4, -0.2) is 49.6 Å². The van der Waals surface area contributed by atoms with Crippen LogP contribution < -0.4 is 15.5 Å². The van der Waals surface area contributed by atoms with Crippen molar-refractivity contribution in [1.29, 1.82) is 0 Å². The lowest BCUT2D eigenvalue weighted by molar-refractivity contribution is -0.121. The smallest absolute Gasteiger partial charge is 0.317 e. The third kappa shape index (κ3) is 5.62. The van der Waals surface area contributed by atoms with Crippen LogP contribution >= 0.6 is 0 Å². The van der Waals surface area contributed by atoms with Crippen LogP contribution in [0.1, 0.15) is 50.5 Å². The summed E-state index contributed by atoms with van der Waals surface area (Å²) in [5.41, 5.74) is 2.39. The molecule has 0 aromatic heterocycles. The average molecular weight is 373 g/mol. The van der Waals surface area contributed by atoms with E-state index in [9.17, 15) is 9.59 Å². The normalized spacial score (nSPS) is 17.1. The summed E-state index contributed by atoms with van der Waals surface area (Å²) in [6.45, 7) is 3.11. The third-order valence-corrected chi connectivity index (χ3v) is 5.54. The molecule has 0 atom stereocenters. The van der Waals surface area contributed by atoms with Crippen LogP contribution in [0.25, 0.3) is 0 Å². The van der Waals surface area contributed by atoms with Crippen LogP contribution in [-0.2, 0) is 11.3 Å². The van der Waals surface area contributed by atoms with Crippen molar-refractivity contribution in [2.45, 2.75) is 57.5 Å². The molecule has 1 aromatic carbocycles. The van der Waals surface area contributed by atoms with E-state index in [0.29, 0.717) is 25.6 Å². The number of nitrogens with one attached hydrogen (secondary N) is 2. The molecule has 0 radical (unpaired) electrons. The molecular formula is C21H32N4O2. The zero-order valence-corrected chi connectivity index (χ0v) is 16.4. The second-order valence-corrected chi connectivity index (χ2v) is 7.71. The maximum Gasteiger partial charge on any atom is 0.317 e. The van der Waals surface area contributed by atoms with Gasteiger partial charge in [0, 0.05) is 51.4 Å². The van der Waals surface area contributed by atoms with Gasteiger partial charge in [-0.2, -0.15) is 0 Å². The molecule has 148 valence electrons. The third-order valence-electron chi connectivity index (χ3n) is 5.54. The molecule has 2 fully saturated rings. The van der Waals surface area contributed by atoms with Crippen LogP contribution in [0, 0.1) is 0 Å². The predicted octanol–water partition coefficient (Wildman–Crippen LogP) is 2.88. The summed E-state index contributed by atoms with van der Waals surface area (Å²) in [7, 11) is 1.80. The van der Waals surface area contributed by atoms with Gasteiger partial charge in [0.2, 0.25) is 5.91 Å². The van der Waals surface area contributed by atoms with Gasteiger partial charge in [-0.1, -0.05) is 31.0 Å². The lowest BCUT2D eigenvalue weighted by Gasteiger charge is -2.24. The largest absolute Gasteiger partial charge is 0.371 e. The van der Waals surface area contributed by atoms with E-state index in [0.717, 1.165) is 31.5 Å². The van der Waals surface area contributed by atoms with Crippen molar-refractivity contribution in [3.05, 3.63) is 29.8 Å². The number of hydrogen-bond acceptors (Lipinski definition) is 3. The molecule has 1 aliphatic carbocycles.